The van der Waals surface area contributed by atoms with Crippen LogP contribution in [0.15, 0.2) is 0 Å². The van der Waals surface area contributed by atoms with Crippen LogP contribution in [0.1, 0.15) is 104 Å². The molecule has 0 rings (SSSR count). The summed E-state index contributed by atoms with van der Waals surface area (Å²) in [6, 6.07) is 0. The smallest absolute Gasteiger partial charge is 0.0414 e. The molecule has 0 heterocycles. The van der Waals surface area contributed by atoms with Crippen LogP contribution in [0.3, 0.4) is 0 Å². The molecule has 0 amide bonds. The normalized spacial score (nSPS) is 12.8. The summed E-state index contributed by atoms with van der Waals surface area (Å²) in [7, 11) is 0. The third kappa shape index (κ3) is 12.5. The molecule has 1 radical (unpaired) electrons. The second kappa shape index (κ2) is 15.1. The maximum Gasteiger partial charge on any atom is -0.0414 e. The van der Waals surface area contributed by atoms with E-state index in [0.29, 0.717) is 0 Å². The zero-order valence-electron chi connectivity index (χ0n) is 13.2. The molecule has 0 aromatic rings. The van der Waals surface area contributed by atoms with Gasteiger partial charge in [-0.1, -0.05) is 111 Å². The summed E-state index contributed by atoms with van der Waals surface area (Å²) in [6.07, 6.45) is 19.8. The Balaban J connectivity index is 3.31. The first-order valence-corrected chi connectivity index (χ1v) is 8.64. The third-order valence-corrected chi connectivity index (χ3v) is 4.03. The first kappa shape index (κ1) is 18.0. The predicted octanol–water partition coefficient (Wildman–Crippen LogP) is 6.94. The number of rotatable bonds is 14. The van der Waals surface area contributed by atoms with Crippen LogP contribution in [-0.2, 0) is 0 Å². The molecule has 0 aliphatic carbocycles. The molecule has 0 aliphatic rings. The van der Waals surface area contributed by atoms with Gasteiger partial charge < -0.3 is 0 Å². The molecule has 0 heteroatoms. The molecule has 0 saturated carbocycles. The summed E-state index contributed by atoms with van der Waals surface area (Å²) in [5.41, 5.74) is 0. The quantitative estimate of drug-likeness (QED) is 0.294. The highest BCUT2D eigenvalue weighted by Gasteiger charge is 2.06. The Hall–Kier alpha value is 0. The van der Waals surface area contributed by atoms with Crippen LogP contribution >= 0.6 is 0 Å². The highest BCUT2D eigenvalue weighted by molar-refractivity contribution is 4.60. The van der Waals surface area contributed by atoms with E-state index in [4.69, 9.17) is 0 Å². The van der Waals surface area contributed by atoms with E-state index < -0.39 is 0 Å². The molecule has 0 aromatic carbocycles. The monoisotopic (exact) mass is 253 g/mol. The molecule has 1 atom stereocenters. The van der Waals surface area contributed by atoms with Crippen molar-refractivity contribution in [3.05, 3.63) is 6.92 Å². The molecular weight excluding hydrogens is 216 g/mol. The van der Waals surface area contributed by atoms with Crippen LogP contribution in [0.5, 0.6) is 0 Å². The minimum absolute atomic E-state index is 0.997. The van der Waals surface area contributed by atoms with Gasteiger partial charge in [-0.2, -0.15) is 0 Å². The van der Waals surface area contributed by atoms with E-state index in [0.717, 1.165) is 12.3 Å². The Labute approximate surface area is 117 Å². The van der Waals surface area contributed by atoms with Crippen molar-refractivity contribution < 1.29 is 0 Å². The Bertz CT molecular complexity index is 139. The van der Waals surface area contributed by atoms with Gasteiger partial charge in [0.1, 0.15) is 0 Å². The molecule has 1 unspecified atom stereocenters. The van der Waals surface area contributed by atoms with Gasteiger partial charge in [-0.3, -0.25) is 0 Å². The molecule has 0 bridgehead atoms. The zero-order valence-corrected chi connectivity index (χ0v) is 13.2. The van der Waals surface area contributed by atoms with Crippen molar-refractivity contribution in [2.45, 2.75) is 104 Å². The third-order valence-electron chi connectivity index (χ3n) is 4.03. The van der Waals surface area contributed by atoms with E-state index in [2.05, 4.69) is 20.8 Å². The van der Waals surface area contributed by atoms with Crippen LogP contribution in [0.2, 0.25) is 0 Å². The van der Waals surface area contributed by atoms with Gasteiger partial charge in [-0.15, -0.1) is 0 Å². The second-order valence-corrected chi connectivity index (χ2v) is 5.91. The van der Waals surface area contributed by atoms with E-state index >= 15 is 0 Å². The van der Waals surface area contributed by atoms with Gasteiger partial charge in [-0.25, -0.2) is 0 Å². The van der Waals surface area contributed by atoms with Gasteiger partial charge in [0, 0.05) is 0 Å². The molecule has 0 nitrogen and oxygen atoms in total. The Morgan fingerprint density at radius 2 is 1.17 bits per heavy atom. The molecule has 109 valence electrons. The van der Waals surface area contributed by atoms with Crippen molar-refractivity contribution in [2.75, 3.05) is 0 Å². The first-order chi connectivity index (χ1) is 8.85. The molecule has 0 spiro atoms. The lowest BCUT2D eigenvalue weighted by Crippen LogP contribution is -2.00. The van der Waals surface area contributed by atoms with Crippen molar-refractivity contribution in [3.63, 3.8) is 0 Å². The van der Waals surface area contributed by atoms with E-state index in [1.54, 1.807) is 0 Å². The van der Waals surface area contributed by atoms with E-state index in [9.17, 15) is 0 Å². The van der Waals surface area contributed by atoms with Crippen LogP contribution in [-0.4, -0.2) is 0 Å². The van der Waals surface area contributed by atoms with Gasteiger partial charge >= 0.3 is 0 Å². The van der Waals surface area contributed by atoms with Crippen LogP contribution in [0.25, 0.3) is 0 Å². The molecule has 0 aromatic heterocycles. The average molecular weight is 253 g/mol. The number of hydrogen-bond donors (Lipinski definition) is 0. The first-order valence-electron chi connectivity index (χ1n) is 8.64. The summed E-state index contributed by atoms with van der Waals surface area (Å²) < 4.78 is 0. The highest BCUT2D eigenvalue weighted by Crippen LogP contribution is 2.22. The number of unbranched alkanes of at least 4 members (excludes halogenated alkanes) is 8. The molecular formula is C18H37. The standard InChI is InChI=1S/C18H37/c1-4-7-9-10-11-12-13-14-17-18(15-6-3)16-8-5-2/h18H,2,4-17H2,1,3H3. The van der Waals surface area contributed by atoms with Crippen LogP contribution < -0.4 is 0 Å². The zero-order chi connectivity index (χ0) is 13.5. The topological polar surface area (TPSA) is 0 Å². The second-order valence-electron chi connectivity index (χ2n) is 5.91. The van der Waals surface area contributed by atoms with Crippen molar-refractivity contribution in [3.8, 4) is 0 Å². The Morgan fingerprint density at radius 1 is 0.611 bits per heavy atom. The largest absolute Gasteiger partial charge is 0.0654 e. The van der Waals surface area contributed by atoms with Crippen molar-refractivity contribution in [2.24, 2.45) is 5.92 Å². The molecule has 0 N–H and O–H groups in total. The predicted molar refractivity (Wildman–Crippen MR) is 84.8 cm³/mol. The lowest BCUT2D eigenvalue weighted by molar-refractivity contribution is 0.385. The van der Waals surface area contributed by atoms with Gasteiger partial charge in [0.2, 0.25) is 0 Å². The van der Waals surface area contributed by atoms with E-state index in [-0.39, 0.29) is 0 Å². The van der Waals surface area contributed by atoms with Gasteiger partial charge in [0.05, 0.1) is 0 Å². The van der Waals surface area contributed by atoms with Crippen molar-refractivity contribution in [1.82, 2.24) is 0 Å². The highest BCUT2D eigenvalue weighted by atomic mass is 14.1. The molecule has 0 saturated heterocycles. The Morgan fingerprint density at radius 3 is 1.72 bits per heavy atom. The summed E-state index contributed by atoms with van der Waals surface area (Å²) in [5, 5.41) is 0. The minimum Gasteiger partial charge on any atom is -0.0654 e. The molecule has 18 heavy (non-hydrogen) atoms. The summed E-state index contributed by atoms with van der Waals surface area (Å²) >= 11 is 0. The fourth-order valence-corrected chi connectivity index (χ4v) is 2.84. The molecule has 0 fully saturated rings. The average Bonchev–Trinajstić information content (AvgIpc) is 2.39. The molecule has 0 aliphatic heterocycles. The van der Waals surface area contributed by atoms with Crippen molar-refractivity contribution in [1.29, 1.82) is 0 Å². The maximum atomic E-state index is 3.96. The maximum absolute atomic E-state index is 3.96. The van der Waals surface area contributed by atoms with Gasteiger partial charge in [0.25, 0.3) is 0 Å². The van der Waals surface area contributed by atoms with Crippen molar-refractivity contribution >= 4 is 0 Å². The van der Waals surface area contributed by atoms with E-state index in [1.807, 2.05) is 0 Å². The lowest BCUT2D eigenvalue weighted by Gasteiger charge is -2.15. The van der Waals surface area contributed by atoms with E-state index in [1.165, 1.54) is 83.5 Å². The summed E-state index contributed by atoms with van der Waals surface area (Å²) in [4.78, 5) is 0. The summed E-state index contributed by atoms with van der Waals surface area (Å²) in [5.74, 6) is 0.997. The van der Waals surface area contributed by atoms with Crippen LogP contribution in [0.4, 0.5) is 0 Å². The Kier molecular flexibility index (Phi) is 15.1. The van der Waals surface area contributed by atoms with Gasteiger partial charge in [0.15, 0.2) is 0 Å². The minimum atomic E-state index is 0.997. The number of hydrogen-bond acceptors (Lipinski definition) is 0. The van der Waals surface area contributed by atoms with Crippen LogP contribution in [0, 0.1) is 12.8 Å². The SMILES string of the molecule is [CH2]CCCC(CCC)CCCCCCCCCC. The lowest BCUT2D eigenvalue weighted by atomic mass is 9.91. The fourth-order valence-electron chi connectivity index (χ4n) is 2.84. The van der Waals surface area contributed by atoms with Gasteiger partial charge in [-0.05, 0) is 5.92 Å². The summed E-state index contributed by atoms with van der Waals surface area (Å²) in [6.45, 7) is 8.58. The fraction of sp³-hybridized carbons (Fsp3) is 0.944.